The Hall–Kier alpha value is -3.46. The molecule has 0 radical (unpaired) electrons. The molecule has 0 aliphatic rings. The number of carbonyl (C=O) groups is 1. The molecule has 0 bridgehead atoms. The van der Waals surface area contributed by atoms with Gasteiger partial charge in [-0.1, -0.05) is 85.8 Å². The van der Waals surface area contributed by atoms with E-state index in [-0.39, 0.29) is 5.92 Å². The number of aromatic nitrogens is 1. The fourth-order valence-corrected chi connectivity index (χ4v) is 3.66. The zero-order valence-electron chi connectivity index (χ0n) is 15.1. The number of rotatable bonds is 4. The third kappa shape index (κ3) is 3.08. The molecule has 1 aromatic heterocycles. The van der Waals surface area contributed by atoms with Gasteiger partial charge in [0.05, 0.1) is 5.52 Å². The molecule has 0 saturated carbocycles. The summed E-state index contributed by atoms with van der Waals surface area (Å²) in [6.45, 7) is 2.10. The van der Waals surface area contributed by atoms with E-state index in [1.165, 1.54) is 0 Å². The zero-order valence-corrected chi connectivity index (χ0v) is 15.1. The monoisotopic (exact) mass is 352 g/mol. The van der Waals surface area contributed by atoms with Crippen LogP contribution in [0.1, 0.15) is 34.5 Å². The Morgan fingerprint density at radius 1 is 0.852 bits per heavy atom. The molecule has 0 saturated heterocycles. The lowest BCUT2D eigenvalue weighted by Crippen LogP contribution is -2.18. The van der Waals surface area contributed by atoms with Gasteiger partial charge in [0.15, 0.2) is 0 Å². The first-order chi connectivity index (χ1) is 13.2. The number of nitrogens with zero attached hydrogens (tertiary/aromatic N) is 1. The molecular weight excluding hydrogens is 332 g/mol. The fraction of sp³-hybridized carbons (Fsp3) is 0.0833. The molecule has 3 aromatic carbocycles. The third-order valence-electron chi connectivity index (χ3n) is 4.96. The summed E-state index contributed by atoms with van der Waals surface area (Å²) in [4.78, 5) is 17.0. The van der Waals surface area contributed by atoms with Crippen molar-refractivity contribution in [2.24, 2.45) is 5.73 Å². The second-order valence-corrected chi connectivity index (χ2v) is 6.63. The van der Waals surface area contributed by atoms with Gasteiger partial charge in [-0.2, -0.15) is 0 Å². The number of primary amides is 1. The first-order valence-electron chi connectivity index (χ1n) is 8.99. The minimum atomic E-state index is -0.504. The van der Waals surface area contributed by atoms with Crippen LogP contribution in [-0.2, 0) is 0 Å². The highest BCUT2D eigenvalue weighted by atomic mass is 16.1. The normalized spacial score (nSPS) is 12.0. The van der Waals surface area contributed by atoms with Crippen molar-refractivity contribution < 1.29 is 4.79 Å². The maximum absolute atomic E-state index is 12.3. The van der Waals surface area contributed by atoms with Crippen molar-refractivity contribution in [2.75, 3.05) is 0 Å². The van der Waals surface area contributed by atoms with Crippen LogP contribution in [0.2, 0.25) is 0 Å². The molecule has 0 spiro atoms. The van der Waals surface area contributed by atoms with Crippen LogP contribution in [0.3, 0.4) is 0 Å². The summed E-state index contributed by atoms with van der Waals surface area (Å²) in [5.74, 6) is -0.531. The average Bonchev–Trinajstić information content (AvgIpc) is 2.73. The van der Waals surface area contributed by atoms with Gasteiger partial charge in [0.25, 0.3) is 5.91 Å². The van der Waals surface area contributed by atoms with Crippen LogP contribution < -0.4 is 5.73 Å². The molecular formula is C24H20N2O. The predicted molar refractivity (Wildman–Crippen MR) is 110 cm³/mol. The summed E-state index contributed by atoms with van der Waals surface area (Å²) < 4.78 is 0. The van der Waals surface area contributed by atoms with Gasteiger partial charge >= 0.3 is 0 Å². The van der Waals surface area contributed by atoms with Crippen LogP contribution in [0.25, 0.3) is 22.0 Å². The molecule has 3 nitrogen and oxygen atoms in total. The van der Waals surface area contributed by atoms with Crippen molar-refractivity contribution in [1.82, 2.24) is 4.98 Å². The largest absolute Gasteiger partial charge is 0.364 e. The van der Waals surface area contributed by atoms with Crippen molar-refractivity contribution in [2.45, 2.75) is 12.8 Å². The maximum atomic E-state index is 12.3. The van der Waals surface area contributed by atoms with Crippen molar-refractivity contribution in [3.05, 3.63) is 102 Å². The molecule has 132 valence electrons. The summed E-state index contributed by atoms with van der Waals surface area (Å²) in [5, 5.41) is 1.02. The molecule has 1 amide bonds. The van der Waals surface area contributed by atoms with Crippen molar-refractivity contribution >= 4 is 16.8 Å². The molecule has 2 N–H and O–H groups in total. The van der Waals surface area contributed by atoms with Crippen LogP contribution in [0.15, 0.2) is 84.9 Å². The van der Waals surface area contributed by atoms with Gasteiger partial charge < -0.3 is 5.73 Å². The number of hydrogen-bond donors (Lipinski definition) is 1. The fourth-order valence-electron chi connectivity index (χ4n) is 3.66. The molecule has 1 atom stereocenters. The van der Waals surface area contributed by atoms with E-state index in [0.717, 1.165) is 33.2 Å². The Morgan fingerprint density at radius 3 is 2.11 bits per heavy atom. The average molecular weight is 352 g/mol. The van der Waals surface area contributed by atoms with Gasteiger partial charge in [-0.05, 0) is 28.3 Å². The summed E-state index contributed by atoms with van der Waals surface area (Å²) in [5.41, 5.74) is 10.9. The Balaban J connectivity index is 2.12. The first-order valence-corrected chi connectivity index (χ1v) is 8.99. The lowest BCUT2D eigenvalue weighted by molar-refractivity contribution is 0.0995. The highest BCUT2D eigenvalue weighted by Gasteiger charge is 2.24. The molecule has 0 aliphatic heterocycles. The van der Waals surface area contributed by atoms with Gasteiger partial charge in [0.1, 0.15) is 5.69 Å². The number of nitrogens with two attached hydrogens (primary N) is 1. The summed E-state index contributed by atoms with van der Waals surface area (Å²) >= 11 is 0. The Labute approximate surface area is 158 Å². The standard InChI is InChI=1S/C24H20N2O/c1-16(17-10-4-2-5-11-17)21-22(18-12-6-3-7-13-18)19-14-8-9-15-20(19)26-23(21)24(25)27/h2-16H,1H3,(H2,25,27). The molecule has 4 aromatic rings. The van der Waals surface area contributed by atoms with E-state index in [4.69, 9.17) is 5.73 Å². The van der Waals surface area contributed by atoms with E-state index in [1.807, 2.05) is 54.6 Å². The van der Waals surface area contributed by atoms with Gasteiger partial charge in [-0.25, -0.2) is 4.98 Å². The van der Waals surface area contributed by atoms with E-state index >= 15 is 0 Å². The van der Waals surface area contributed by atoms with Crippen LogP contribution in [-0.4, -0.2) is 10.9 Å². The maximum Gasteiger partial charge on any atom is 0.267 e. The smallest absolute Gasteiger partial charge is 0.267 e. The first kappa shape index (κ1) is 17.0. The zero-order chi connectivity index (χ0) is 18.8. The number of hydrogen-bond acceptors (Lipinski definition) is 2. The Kier molecular flexibility index (Phi) is 4.43. The summed E-state index contributed by atoms with van der Waals surface area (Å²) in [6, 6.07) is 28.2. The predicted octanol–water partition coefficient (Wildman–Crippen LogP) is 5.15. The number of pyridine rings is 1. The van der Waals surface area contributed by atoms with Crippen molar-refractivity contribution in [1.29, 1.82) is 0 Å². The number of carbonyl (C=O) groups excluding carboxylic acids is 1. The highest BCUT2D eigenvalue weighted by Crippen LogP contribution is 2.39. The second-order valence-electron chi connectivity index (χ2n) is 6.63. The molecule has 1 unspecified atom stereocenters. The van der Waals surface area contributed by atoms with Gasteiger partial charge in [0, 0.05) is 11.3 Å². The molecule has 27 heavy (non-hydrogen) atoms. The topological polar surface area (TPSA) is 56.0 Å². The number of amides is 1. The van der Waals surface area contributed by atoms with Crippen LogP contribution >= 0.6 is 0 Å². The highest BCUT2D eigenvalue weighted by molar-refractivity contribution is 6.03. The van der Waals surface area contributed by atoms with E-state index in [0.29, 0.717) is 5.69 Å². The van der Waals surface area contributed by atoms with Crippen LogP contribution in [0.5, 0.6) is 0 Å². The number of para-hydroxylation sites is 1. The minimum absolute atomic E-state index is 0.0268. The molecule has 4 rings (SSSR count). The van der Waals surface area contributed by atoms with E-state index in [1.54, 1.807) is 0 Å². The summed E-state index contributed by atoms with van der Waals surface area (Å²) in [7, 11) is 0. The number of fused-ring (bicyclic) bond motifs is 1. The number of benzene rings is 3. The Morgan fingerprint density at radius 2 is 1.44 bits per heavy atom. The van der Waals surface area contributed by atoms with E-state index in [9.17, 15) is 4.79 Å². The quantitative estimate of drug-likeness (QED) is 0.552. The minimum Gasteiger partial charge on any atom is -0.364 e. The second kappa shape index (κ2) is 7.04. The van der Waals surface area contributed by atoms with Crippen LogP contribution in [0, 0.1) is 0 Å². The molecule has 0 fully saturated rings. The van der Waals surface area contributed by atoms with Crippen molar-refractivity contribution in [3.8, 4) is 11.1 Å². The van der Waals surface area contributed by atoms with Crippen molar-refractivity contribution in [3.63, 3.8) is 0 Å². The molecule has 3 heteroatoms. The molecule has 0 aliphatic carbocycles. The summed E-state index contributed by atoms with van der Waals surface area (Å²) in [6.07, 6.45) is 0. The van der Waals surface area contributed by atoms with Crippen LogP contribution in [0.4, 0.5) is 0 Å². The van der Waals surface area contributed by atoms with Gasteiger partial charge in [-0.15, -0.1) is 0 Å². The molecule has 1 heterocycles. The SMILES string of the molecule is CC(c1ccccc1)c1c(C(N)=O)nc2ccccc2c1-c1ccccc1. The Bertz CT molecular complexity index is 1110. The third-order valence-corrected chi connectivity index (χ3v) is 4.96. The van der Waals surface area contributed by atoms with E-state index in [2.05, 4.69) is 42.2 Å². The van der Waals surface area contributed by atoms with Gasteiger partial charge in [0.2, 0.25) is 0 Å². The lowest BCUT2D eigenvalue weighted by atomic mass is 9.84. The lowest BCUT2D eigenvalue weighted by Gasteiger charge is -2.21. The van der Waals surface area contributed by atoms with E-state index < -0.39 is 5.91 Å². The van der Waals surface area contributed by atoms with Gasteiger partial charge in [-0.3, -0.25) is 4.79 Å².